The summed E-state index contributed by atoms with van der Waals surface area (Å²) in [6.07, 6.45) is 0. The molecule has 0 spiro atoms. The molecule has 0 fully saturated rings. The summed E-state index contributed by atoms with van der Waals surface area (Å²) < 4.78 is 10.4. The molecule has 0 radical (unpaired) electrons. The van der Waals surface area contributed by atoms with E-state index in [4.69, 9.17) is 9.47 Å². The number of rotatable bonds is 8. The summed E-state index contributed by atoms with van der Waals surface area (Å²) in [6, 6.07) is 17.0. The number of ether oxygens (including phenoxy) is 2. The average molecular weight is 436 g/mol. The fourth-order valence-corrected chi connectivity index (χ4v) is 2.63. The summed E-state index contributed by atoms with van der Waals surface area (Å²) in [5.74, 6) is -1.22. The van der Waals surface area contributed by atoms with Crippen molar-refractivity contribution < 1.29 is 28.9 Å². The summed E-state index contributed by atoms with van der Waals surface area (Å²) >= 11 is 0. The highest BCUT2D eigenvalue weighted by Gasteiger charge is 2.12. The van der Waals surface area contributed by atoms with Crippen LogP contribution in [0.15, 0.2) is 72.8 Å². The molecule has 3 aromatic carbocycles. The van der Waals surface area contributed by atoms with E-state index in [1.807, 2.05) is 0 Å². The molecule has 0 aromatic heterocycles. The monoisotopic (exact) mass is 436 g/mol. The zero-order chi connectivity index (χ0) is 23.1. The topological polar surface area (TPSA) is 139 Å². The van der Waals surface area contributed by atoms with Gasteiger partial charge in [0.05, 0.1) is 21.0 Å². The van der Waals surface area contributed by atoms with Crippen LogP contribution in [0.5, 0.6) is 0 Å². The minimum Gasteiger partial charge on any atom is -0.457 e. The molecule has 0 bridgehead atoms. The van der Waals surface area contributed by atoms with Gasteiger partial charge < -0.3 is 9.47 Å². The summed E-state index contributed by atoms with van der Waals surface area (Å²) in [5, 5.41) is 21.3. The van der Waals surface area contributed by atoms with Crippen molar-refractivity contribution in [1.82, 2.24) is 0 Å². The lowest BCUT2D eigenvalue weighted by Crippen LogP contribution is -2.06. The molecule has 0 unspecified atom stereocenters. The number of carbonyl (C=O) groups excluding carboxylic acids is 2. The van der Waals surface area contributed by atoms with E-state index in [1.165, 1.54) is 48.5 Å². The molecule has 0 N–H and O–H groups in total. The standard InChI is InChI=1S/C22H16N2O8/c25-21(17-5-9-19(10-6-17)23(27)28)31-13-15-1-2-16(4-3-15)14-32-22(26)18-7-11-20(12-8-18)24(29)30/h1-12H,13-14H2. The van der Waals surface area contributed by atoms with Gasteiger partial charge >= 0.3 is 11.9 Å². The van der Waals surface area contributed by atoms with Gasteiger partial charge in [0.25, 0.3) is 11.4 Å². The predicted molar refractivity (Wildman–Crippen MR) is 111 cm³/mol. The van der Waals surface area contributed by atoms with Crippen molar-refractivity contribution in [2.75, 3.05) is 0 Å². The van der Waals surface area contributed by atoms with Gasteiger partial charge in [0.1, 0.15) is 13.2 Å². The third-order valence-corrected chi connectivity index (χ3v) is 4.39. The first kappa shape index (κ1) is 22.1. The first-order valence-electron chi connectivity index (χ1n) is 9.24. The molecule has 162 valence electrons. The second-order valence-corrected chi connectivity index (χ2v) is 6.58. The molecule has 0 aliphatic rings. The zero-order valence-corrected chi connectivity index (χ0v) is 16.5. The molecule has 0 saturated carbocycles. The number of benzene rings is 3. The number of esters is 2. The quantitative estimate of drug-likeness (QED) is 0.291. The molecule has 0 amide bonds. The summed E-state index contributed by atoms with van der Waals surface area (Å²) in [6.45, 7) is -0.00261. The van der Waals surface area contributed by atoms with Crippen LogP contribution in [0.1, 0.15) is 31.8 Å². The largest absolute Gasteiger partial charge is 0.457 e. The SMILES string of the molecule is O=C(OCc1ccc(COC(=O)c2ccc([N+](=O)[O-])cc2)cc1)c1ccc([N+](=O)[O-])cc1. The number of nitro benzene ring substituents is 2. The minimum atomic E-state index is -0.610. The Labute approximate surface area is 181 Å². The molecular formula is C22H16N2O8. The van der Waals surface area contributed by atoms with Gasteiger partial charge in [0, 0.05) is 24.3 Å². The first-order chi connectivity index (χ1) is 15.3. The van der Waals surface area contributed by atoms with Crippen LogP contribution in [0, 0.1) is 20.2 Å². The van der Waals surface area contributed by atoms with Crippen molar-refractivity contribution >= 4 is 23.3 Å². The second kappa shape index (κ2) is 9.94. The molecule has 0 aliphatic heterocycles. The molecular weight excluding hydrogens is 420 g/mol. The highest BCUT2D eigenvalue weighted by atomic mass is 16.6. The Morgan fingerprint density at radius 2 is 0.906 bits per heavy atom. The van der Waals surface area contributed by atoms with Crippen LogP contribution in [0.2, 0.25) is 0 Å². The number of hydrogen-bond donors (Lipinski definition) is 0. The average Bonchev–Trinajstić information content (AvgIpc) is 2.81. The Morgan fingerprint density at radius 1 is 0.594 bits per heavy atom. The lowest BCUT2D eigenvalue weighted by molar-refractivity contribution is -0.385. The van der Waals surface area contributed by atoms with E-state index in [0.717, 1.165) is 0 Å². The third-order valence-electron chi connectivity index (χ3n) is 4.39. The smallest absolute Gasteiger partial charge is 0.338 e. The highest BCUT2D eigenvalue weighted by Crippen LogP contribution is 2.15. The van der Waals surface area contributed by atoms with Crippen LogP contribution >= 0.6 is 0 Å². The Balaban J connectivity index is 1.49. The molecule has 10 heteroatoms. The summed E-state index contributed by atoms with van der Waals surface area (Å²) in [5.41, 5.74) is 1.56. The van der Waals surface area contributed by atoms with E-state index in [9.17, 15) is 29.8 Å². The van der Waals surface area contributed by atoms with Gasteiger partial charge in [-0.2, -0.15) is 0 Å². The van der Waals surface area contributed by atoms with Gasteiger partial charge in [-0.3, -0.25) is 20.2 Å². The maximum Gasteiger partial charge on any atom is 0.338 e. The van der Waals surface area contributed by atoms with Crippen molar-refractivity contribution in [1.29, 1.82) is 0 Å². The predicted octanol–water partition coefficient (Wildman–Crippen LogP) is 4.22. The van der Waals surface area contributed by atoms with Crippen molar-refractivity contribution in [3.05, 3.63) is 115 Å². The van der Waals surface area contributed by atoms with Crippen LogP contribution in [0.4, 0.5) is 11.4 Å². The normalized spacial score (nSPS) is 10.2. The summed E-state index contributed by atoms with van der Waals surface area (Å²) in [7, 11) is 0. The van der Waals surface area contributed by atoms with E-state index in [0.29, 0.717) is 11.1 Å². The van der Waals surface area contributed by atoms with E-state index >= 15 is 0 Å². The maximum absolute atomic E-state index is 12.0. The van der Waals surface area contributed by atoms with Crippen molar-refractivity contribution in [3.63, 3.8) is 0 Å². The number of carbonyl (C=O) groups is 2. The second-order valence-electron chi connectivity index (χ2n) is 6.58. The Kier molecular flexibility index (Phi) is 6.86. The van der Waals surface area contributed by atoms with Crippen LogP contribution in [0.3, 0.4) is 0 Å². The summed E-state index contributed by atoms with van der Waals surface area (Å²) in [4.78, 5) is 44.3. The third kappa shape index (κ3) is 5.72. The van der Waals surface area contributed by atoms with Gasteiger partial charge in [-0.05, 0) is 35.4 Å². The van der Waals surface area contributed by atoms with Crippen molar-refractivity contribution in [2.24, 2.45) is 0 Å². The van der Waals surface area contributed by atoms with E-state index in [1.54, 1.807) is 24.3 Å². The maximum atomic E-state index is 12.0. The van der Waals surface area contributed by atoms with E-state index in [-0.39, 0.29) is 35.7 Å². The van der Waals surface area contributed by atoms with Crippen LogP contribution in [0.25, 0.3) is 0 Å². The molecule has 10 nitrogen and oxygen atoms in total. The number of nitrogens with zero attached hydrogens (tertiary/aromatic N) is 2. The fraction of sp³-hybridized carbons (Fsp3) is 0.0909. The molecule has 32 heavy (non-hydrogen) atoms. The number of non-ortho nitro benzene ring substituents is 2. The Hall–Kier alpha value is -4.60. The first-order valence-corrected chi connectivity index (χ1v) is 9.24. The Morgan fingerprint density at radius 3 is 1.19 bits per heavy atom. The van der Waals surface area contributed by atoms with Crippen LogP contribution in [-0.2, 0) is 22.7 Å². The van der Waals surface area contributed by atoms with Gasteiger partial charge in [0.2, 0.25) is 0 Å². The van der Waals surface area contributed by atoms with Crippen LogP contribution in [-0.4, -0.2) is 21.8 Å². The Bertz CT molecular complexity index is 1050. The molecule has 3 rings (SSSR count). The molecule has 0 heterocycles. The fourth-order valence-electron chi connectivity index (χ4n) is 2.63. The van der Waals surface area contributed by atoms with Gasteiger partial charge in [-0.25, -0.2) is 9.59 Å². The van der Waals surface area contributed by atoms with Gasteiger partial charge in [-0.15, -0.1) is 0 Å². The van der Waals surface area contributed by atoms with Crippen LogP contribution < -0.4 is 0 Å². The van der Waals surface area contributed by atoms with Crippen molar-refractivity contribution in [3.8, 4) is 0 Å². The highest BCUT2D eigenvalue weighted by molar-refractivity contribution is 5.90. The molecule has 0 atom stereocenters. The van der Waals surface area contributed by atoms with Crippen molar-refractivity contribution in [2.45, 2.75) is 13.2 Å². The number of nitro groups is 2. The van der Waals surface area contributed by atoms with Gasteiger partial charge in [0.15, 0.2) is 0 Å². The zero-order valence-electron chi connectivity index (χ0n) is 16.5. The minimum absolute atomic E-state index is 0.00131. The molecule has 0 saturated heterocycles. The van der Waals surface area contributed by atoms with E-state index < -0.39 is 21.8 Å². The van der Waals surface area contributed by atoms with E-state index in [2.05, 4.69) is 0 Å². The molecule has 0 aliphatic carbocycles. The lowest BCUT2D eigenvalue weighted by atomic mass is 10.1. The molecule has 3 aromatic rings. The van der Waals surface area contributed by atoms with Gasteiger partial charge in [-0.1, -0.05) is 24.3 Å². The number of hydrogen-bond acceptors (Lipinski definition) is 8. The lowest BCUT2D eigenvalue weighted by Gasteiger charge is -2.07.